The van der Waals surface area contributed by atoms with Gasteiger partial charge in [-0.25, -0.2) is 4.98 Å². The minimum atomic E-state index is -1.01. The molecule has 0 spiro atoms. The third-order valence-electron chi connectivity index (χ3n) is 2.18. The molecule has 1 aromatic heterocycles. The number of carbonyl (C=O) groups is 2. The fourth-order valence-corrected chi connectivity index (χ4v) is 2.28. The minimum Gasteiger partial charge on any atom is -0.508 e. The summed E-state index contributed by atoms with van der Waals surface area (Å²) in [5, 5.41) is 20.7. The van der Waals surface area contributed by atoms with E-state index >= 15 is 0 Å². The molecule has 1 amide bonds. The fourth-order valence-electron chi connectivity index (χ4n) is 1.37. The largest absolute Gasteiger partial charge is 0.508 e. The van der Waals surface area contributed by atoms with Crippen LogP contribution in [0.4, 0.5) is 5.13 Å². The van der Waals surface area contributed by atoms with E-state index in [0.29, 0.717) is 10.6 Å². The van der Waals surface area contributed by atoms with E-state index in [-0.39, 0.29) is 24.5 Å². The monoisotopic (exact) mass is 266 g/mol. The standard InChI is InChI=1S/C11H10N2O4S/c14-6-1-2-7-8(5-6)18-11(12-7)13-9(15)3-4-10(16)17/h1-2,5,14H,3-4H2,(H,16,17)(H,12,13,15). The molecule has 2 rings (SSSR count). The SMILES string of the molecule is O=C(O)CCC(=O)Nc1nc2ccc(O)cc2s1. The first-order valence-electron chi connectivity index (χ1n) is 5.16. The molecule has 1 heterocycles. The van der Waals surface area contributed by atoms with E-state index < -0.39 is 5.97 Å². The summed E-state index contributed by atoms with van der Waals surface area (Å²) >= 11 is 1.22. The number of carboxylic acids is 1. The van der Waals surface area contributed by atoms with Gasteiger partial charge in [-0.05, 0) is 18.2 Å². The van der Waals surface area contributed by atoms with E-state index in [1.54, 1.807) is 12.1 Å². The van der Waals surface area contributed by atoms with Crippen molar-refractivity contribution in [2.24, 2.45) is 0 Å². The van der Waals surface area contributed by atoms with Gasteiger partial charge in [0.1, 0.15) is 5.75 Å². The third-order valence-corrected chi connectivity index (χ3v) is 3.12. The summed E-state index contributed by atoms with van der Waals surface area (Å²) in [5.41, 5.74) is 0.673. The van der Waals surface area contributed by atoms with Gasteiger partial charge in [0.05, 0.1) is 16.6 Å². The first-order chi connectivity index (χ1) is 8.54. The Labute approximate surface area is 106 Å². The number of phenolic OH excluding ortho intramolecular Hbond substituents is 1. The molecule has 3 N–H and O–H groups in total. The lowest BCUT2D eigenvalue weighted by Gasteiger charge is -1.98. The van der Waals surface area contributed by atoms with E-state index in [0.717, 1.165) is 4.70 Å². The van der Waals surface area contributed by atoms with Gasteiger partial charge in [-0.3, -0.25) is 9.59 Å². The van der Waals surface area contributed by atoms with Crippen LogP contribution in [0.2, 0.25) is 0 Å². The van der Waals surface area contributed by atoms with Gasteiger partial charge in [-0.1, -0.05) is 11.3 Å². The summed E-state index contributed by atoms with van der Waals surface area (Å²) in [5.74, 6) is -1.27. The maximum absolute atomic E-state index is 11.4. The molecule has 0 atom stereocenters. The van der Waals surface area contributed by atoms with E-state index in [1.165, 1.54) is 17.4 Å². The normalized spacial score (nSPS) is 10.4. The number of aromatic hydroxyl groups is 1. The Kier molecular flexibility index (Phi) is 3.42. The molecule has 0 radical (unpaired) electrons. The number of carboxylic acid groups (broad SMARTS) is 1. The van der Waals surface area contributed by atoms with Gasteiger partial charge >= 0.3 is 5.97 Å². The average Bonchev–Trinajstić information content (AvgIpc) is 2.67. The number of aromatic nitrogens is 1. The number of phenols is 1. The first-order valence-corrected chi connectivity index (χ1v) is 5.97. The molecule has 0 saturated heterocycles. The smallest absolute Gasteiger partial charge is 0.303 e. The summed E-state index contributed by atoms with van der Waals surface area (Å²) in [6.45, 7) is 0. The van der Waals surface area contributed by atoms with Crippen LogP contribution < -0.4 is 5.32 Å². The van der Waals surface area contributed by atoms with Crippen molar-refractivity contribution in [3.63, 3.8) is 0 Å². The number of fused-ring (bicyclic) bond motifs is 1. The minimum absolute atomic E-state index is 0.0868. The molecule has 2 aromatic rings. The molecule has 1 aromatic carbocycles. The highest BCUT2D eigenvalue weighted by Crippen LogP contribution is 2.28. The molecule has 0 aliphatic carbocycles. The quantitative estimate of drug-likeness (QED) is 0.783. The van der Waals surface area contributed by atoms with Gasteiger partial charge < -0.3 is 15.5 Å². The topological polar surface area (TPSA) is 99.5 Å². The van der Waals surface area contributed by atoms with Gasteiger partial charge in [-0.2, -0.15) is 0 Å². The lowest BCUT2D eigenvalue weighted by molar-refractivity contribution is -0.138. The Morgan fingerprint density at radius 2 is 2.11 bits per heavy atom. The number of rotatable bonds is 4. The van der Waals surface area contributed by atoms with E-state index in [4.69, 9.17) is 5.11 Å². The molecule has 0 fully saturated rings. The van der Waals surface area contributed by atoms with Crippen LogP contribution in [0.5, 0.6) is 5.75 Å². The predicted molar refractivity (Wildman–Crippen MR) is 66.8 cm³/mol. The van der Waals surface area contributed by atoms with Crippen LogP contribution in [0.1, 0.15) is 12.8 Å². The van der Waals surface area contributed by atoms with Gasteiger partial charge in [0.15, 0.2) is 5.13 Å². The van der Waals surface area contributed by atoms with Crippen LogP contribution in [-0.2, 0) is 9.59 Å². The van der Waals surface area contributed by atoms with Crippen molar-refractivity contribution in [1.29, 1.82) is 0 Å². The third kappa shape index (κ3) is 2.95. The second-order valence-corrected chi connectivity index (χ2v) is 4.64. The van der Waals surface area contributed by atoms with Gasteiger partial charge in [0.2, 0.25) is 5.91 Å². The van der Waals surface area contributed by atoms with Gasteiger partial charge in [0.25, 0.3) is 0 Å². The Bertz CT molecular complexity index is 608. The Hall–Kier alpha value is -2.15. The van der Waals surface area contributed by atoms with Crippen molar-refractivity contribution in [3.05, 3.63) is 18.2 Å². The molecule has 0 unspecified atom stereocenters. The van der Waals surface area contributed by atoms with Crippen molar-refractivity contribution in [3.8, 4) is 5.75 Å². The second kappa shape index (κ2) is 5.01. The van der Waals surface area contributed by atoms with E-state index in [2.05, 4.69) is 10.3 Å². The molecule has 18 heavy (non-hydrogen) atoms. The van der Waals surface area contributed by atoms with Crippen LogP contribution >= 0.6 is 11.3 Å². The summed E-state index contributed by atoms with van der Waals surface area (Å²) in [6, 6.07) is 4.71. The van der Waals surface area contributed by atoms with E-state index in [1.807, 2.05) is 0 Å². The first kappa shape index (κ1) is 12.3. The van der Waals surface area contributed by atoms with Crippen LogP contribution in [0.15, 0.2) is 18.2 Å². The molecular weight excluding hydrogens is 256 g/mol. The Morgan fingerprint density at radius 3 is 2.83 bits per heavy atom. The van der Waals surface area contributed by atoms with Crippen LogP contribution in [0.25, 0.3) is 10.2 Å². The summed E-state index contributed by atoms with van der Waals surface area (Å²) in [7, 11) is 0. The number of benzene rings is 1. The number of hydrogen-bond acceptors (Lipinski definition) is 5. The fraction of sp³-hybridized carbons (Fsp3) is 0.182. The zero-order valence-electron chi connectivity index (χ0n) is 9.21. The van der Waals surface area contributed by atoms with Crippen molar-refractivity contribution in [1.82, 2.24) is 4.98 Å². The van der Waals surface area contributed by atoms with Crippen molar-refractivity contribution >= 4 is 38.6 Å². The van der Waals surface area contributed by atoms with Crippen molar-refractivity contribution < 1.29 is 19.8 Å². The summed E-state index contributed by atoms with van der Waals surface area (Å²) in [4.78, 5) is 25.9. The number of carbonyl (C=O) groups excluding carboxylic acids is 1. The number of nitrogens with zero attached hydrogens (tertiary/aromatic N) is 1. The highest BCUT2D eigenvalue weighted by atomic mass is 32.1. The van der Waals surface area contributed by atoms with Crippen LogP contribution in [0.3, 0.4) is 0 Å². The number of nitrogens with one attached hydrogen (secondary N) is 1. The molecule has 0 bridgehead atoms. The van der Waals surface area contributed by atoms with Crippen molar-refractivity contribution in [2.45, 2.75) is 12.8 Å². The Morgan fingerprint density at radius 1 is 1.33 bits per heavy atom. The second-order valence-electron chi connectivity index (χ2n) is 3.61. The zero-order valence-corrected chi connectivity index (χ0v) is 10.0. The lowest BCUT2D eigenvalue weighted by Crippen LogP contribution is -2.12. The molecule has 0 saturated carbocycles. The molecular formula is C11H10N2O4S. The maximum atomic E-state index is 11.4. The number of amides is 1. The number of thiazole rings is 1. The predicted octanol–water partition coefficient (Wildman–Crippen LogP) is 1.81. The number of anilines is 1. The number of hydrogen-bond donors (Lipinski definition) is 3. The highest BCUT2D eigenvalue weighted by Gasteiger charge is 2.09. The maximum Gasteiger partial charge on any atom is 0.303 e. The van der Waals surface area contributed by atoms with Crippen molar-refractivity contribution in [2.75, 3.05) is 5.32 Å². The van der Waals surface area contributed by atoms with Gasteiger partial charge in [-0.15, -0.1) is 0 Å². The zero-order chi connectivity index (χ0) is 13.1. The molecule has 0 aliphatic heterocycles. The van der Waals surface area contributed by atoms with Crippen LogP contribution in [0, 0.1) is 0 Å². The lowest BCUT2D eigenvalue weighted by atomic mass is 10.3. The highest BCUT2D eigenvalue weighted by molar-refractivity contribution is 7.22. The Balaban J connectivity index is 2.07. The molecule has 7 heteroatoms. The molecule has 94 valence electrons. The van der Waals surface area contributed by atoms with Gasteiger partial charge in [0, 0.05) is 6.42 Å². The van der Waals surface area contributed by atoms with Crippen LogP contribution in [-0.4, -0.2) is 27.1 Å². The summed E-state index contributed by atoms with van der Waals surface area (Å²) < 4.78 is 0.753. The average molecular weight is 266 g/mol. The molecule has 0 aliphatic rings. The molecule has 6 nitrogen and oxygen atoms in total. The van der Waals surface area contributed by atoms with E-state index in [9.17, 15) is 14.7 Å². The number of aliphatic carboxylic acids is 1. The summed E-state index contributed by atoms with van der Waals surface area (Å²) in [6.07, 6.45) is -0.298.